The summed E-state index contributed by atoms with van der Waals surface area (Å²) in [7, 11) is 3.39. The average Bonchev–Trinajstić information content (AvgIpc) is 3.26. The molecular weight excluding hydrogens is 408 g/mol. The largest absolute Gasteiger partial charge is 0.497 e. The van der Waals surface area contributed by atoms with E-state index in [1.54, 1.807) is 14.2 Å². The van der Waals surface area contributed by atoms with Crippen LogP contribution in [-0.2, 0) is 16.1 Å². The van der Waals surface area contributed by atoms with Crippen LogP contribution in [0, 0.1) is 13.8 Å². The minimum atomic E-state index is 0.0694. The van der Waals surface area contributed by atoms with Crippen LogP contribution in [0.5, 0.6) is 5.75 Å². The Hall–Kier alpha value is -2.02. The first-order valence-electron chi connectivity index (χ1n) is 10.8. The summed E-state index contributed by atoms with van der Waals surface area (Å²) in [6.07, 6.45) is 0.908. The average molecular weight is 443 g/mol. The Morgan fingerprint density at radius 1 is 1.16 bits per heavy atom. The highest BCUT2D eigenvalue weighted by Crippen LogP contribution is 2.38. The van der Waals surface area contributed by atoms with Gasteiger partial charge in [-0.2, -0.15) is 0 Å². The molecule has 0 saturated carbocycles. The van der Waals surface area contributed by atoms with Crippen molar-refractivity contribution in [3.63, 3.8) is 0 Å². The molecule has 0 unspecified atom stereocenters. The molecule has 6 heteroatoms. The fraction of sp³-hybridized carbons (Fsp3) is 0.480. The molecule has 1 atom stereocenters. The van der Waals surface area contributed by atoms with Crippen LogP contribution in [0.25, 0.3) is 0 Å². The fourth-order valence-electron chi connectivity index (χ4n) is 3.91. The Balaban J connectivity index is 1.71. The molecule has 1 amide bonds. The van der Waals surface area contributed by atoms with E-state index in [0.717, 1.165) is 43.1 Å². The number of carbonyl (C=O) groups excluding carboxylic acids is 1. The van der Waals surface area contributed by atoms with Crippen LogP contribution < -0.4 is 4.74 Å². The van der Waals surface area contributed by atoms with Crippen molar-refractivity contribution in [3.8, 4) is 5.75 Å². The van der Waals surface area contributed by atoms with Gasteiger partial charge >= 0.3 is 0 Å². The first-order chi connectivity index (χ1) is 15.0. The van der Waals surface area contributed by atoms with Gasteiger partial charge in [-0.15, -0.1) is 11.8 Å². The van der Waals surface area contributed by atoms with Crippen molar-refractivity contribution in [3.05, 3.63) is 64.7 Å². The Morgan fingerprint density at radius 3 is 2.65 bits per heavy atom. The molecule has 168 valence electrons. The first-order valence-corrected chi connectivity index (χ1v) is 11.9. The maximum Gasteiger partial charge on any atom is 0.237 e. The van der Waals surface area contributed by atoms with Crippen molar-refractivity contribution < 1.29 is 14.3 Å². The maximum atomic E-state index is 13.4. The molecule has 1 heterocycles. The summed E-state index contributed by atoms with van der Waals surface area (Å²) in [6.45, 7) is 7.77. The van der Waals surface area contributed by atoms with E-state index in [-0.39, 0.29) is 11.3 Å². The second kappa shape index (κ2) is 11.6. The molecule has 2 aromatic carbocycles. The van der Waals surface area contributed by atoms with Crippen molar-refractivity contribution in [1.29, 1.82) is 0 Å². The molecule has 2 aromatic rings. The number of aryl methyl sites for hydroxylation is 2. The zero-order chi connectivity index (χ0) is 22.2. The number of hydrogen-bond donors (Lipinski definition) is 0. The monoisotopic (exact) mass is 442 g/mol. The number of carbonyl (C=O) groups is 1. The lowest BCUT2D eigenvalue weighted by Crippen LogP contribution is -2.40. The number of hydrogen-bond acceptors (Lipinski definition) is 5. The van der Waals surface area contributed by atoms with Gasteiger partial charge in [0.1, 0.15) is 11.1 Å². The van der Waals surface area contributed by atoms with E-state index in [9.17, 15) is 4.79 Å². The molecule has 1 aliphatic heterocycles. The van der Waals surface area contributed by atoms with Gasteiger partial charge in [-0.25, -0.2) is 0 Å². The maximum absolute atomic E-state index is 13.4. The molecule has 3 rings (SSSR count). The van der Waals surface area contributed by atoms with Crippen LogP contribution >= 0.6 is 11.8 Å². The predicted octanol–water partition coefficient (Wildman–Crippen LogP) is 4.42. The second-order valence-corrected chi connectivity index (χ2v) is 9.26. The standard InChI is InChI=1S/C25H34N2O3S/c1-19-6-7-20(2)22(16-19)17-26(12-5-14-29-3)18-24(28)27-13-15-31-25(27)21-8-10-23(30-4)11-9-21/h6-11,16,25H,5,12-15,17-18H2,1-4H3/t25-/m1/s1. The molecule has 0 spiro atoms. The van der Waals surface area contributed by atoms with Crippen LogP contribution in [0.1, 0.15) is 34.0 Å². The fourth-order valence-corrected chi connectivity index (χ4v) is 5.19. The van der Waals surface area contributed by atoms with Crippen LogP contribution in [0.4, 0.5) is 0 Å². The number of benzene rings is 2. The molecule has 0 N–H and O–H groups in total. The van der Waals surface area contributed by atoms with Crippen molar-refractivity contribution in [2.45, 2.75) is 32.2 Å². The van der Waals surface area contributed by atoms with E-state index in [1.165, 1.54) is 16.7 Å². The molecule has 1 aliphatic rings. The van der Waals surface area contributed by atoms with Crippen LogP contribution in [0.3, 0.4) is 0 Å². The summed E-state index contributed by atoms with van der Waals surface area (Å²) in [5, 5.41) is 0.0694. The molecular formula is C25H34N2O3S. The van der Waals surface area contributed by atoms with Gasteiger partial charge < -0.3 is 14.4 Å². The lowest BCUT2D eigenvalue weighted by molar-refractivity contribution is -0.132. The second-order valence-electron chi connectivity index (χ2n) is 8.07. The Morgan fingerprint density at radius 2 is 1.94 bits per heavy atom. The van der Waals surface area contributed by atoms with Crippen molar-refractivity contribution in [2.24, 2.45) is 0 Å². The van der Waals surface area contributed by atoms with E-state index in [2.05, 4.69) is 49.1 Å². The molecule has 1 fully saturated rings. The summed E-state index contributed by atoms with van der Waals surface area (Å²) < 4.78 is 10.5. The number of ether oxygens (including phenoxy) is 2. The molecule has 0 radical (unpaired) electrons. The van der Waals surface area contributed by atoms with Crippen molar-refractivity contribution in [2.75, 3.05) is 46.2 Å². The van der Waals surface area contributed by atoms with Crippen LogP contribution in [0.15, 0.2) is 42.5 Å². The highest BCUT2D eigenvalue weighted by Gasteiger charge is 2.31. The first kappa shape index (κ1) is 23.6. The summed E-state index contributed by atoms with van der Waals surface area (Å²) in [6, 6.07) is 14.6. The van der Waals surface area contributed by atoms with E-state index < -0.39 is 0 Å². The van der Waals surface area contributed by atoms with E-state index >= 15 is 0 Å². The SMILES string of the molecule is COCCCN(CC(=O)N1CCS[C@@H]1c1ccc(OC)cc1)Cc1cc(C)ccc1C. The number of nitrogens with zero attached hydrogens (tertiary/aromatic N) is 2. The number of amides is 1. The van der Waals surface area contributed by atoms with Crippen LogP contribution in [-0.4, -0.2) is 61.9 Å². The topological polar surface area (TPSA) is 42.0 Å². The van der Waals surface area contributed by atoms with Crippen LogP contribution in [0.2, 0.25) is 0 Å². The normalized spacial score (nSPS) is 16.2. The lowest BCUT2D eigenvalue weighted by atomic mass is 10.1. The molecule has 0 aliphatic carbocycles. The Bertz CT molecular complexity index is 856. The highest BCUT2D eigenvalue weighted by molar-refractivity contribution is 7.99. The minimum absolute atomic E-state index is 0.0694. The van der Waals surface area contributed by atoms with Gasteiger partial charge in [-0.1, -0.05) is 35.9 Å². The van der Waals surface area contributed by atoms with E-state index in [4.69, 9.17) is 9.47 Å². The molecule has 1 saturated heterocycles. The molecule has 5 nitrogen and oxygen atoms in total. The third kappa shape index (κ3) is 6.48. The van der Waals surface area contributed by atoms with Gasteiger partial charge in [0, 0.05) is 39.1 Å². The van der Waals surface area contributed by atoms with Gasteiger partial charge in [0.25, 0.3) is 0 Å². The van der Waals surface area contributed by atoms with Gasteiger partial charge in [-0.3, -0.25) is 9.69 Å². The summed E-state index contributed by atoms with van der Waals surface area (Å²) >= 11 is 1.83. The van der Waals surface area contributed by atoms with E-state index in [0.29, 0.717) is 13.2 Å². The third-order valence-corrected chi connectivity index (χ3v) is 6.95. The zero-order valence-corrected chi connectivity index (χ0v) is 19.9. The third-order valence-electron chi connectivity index (χ3n) is 5.69. The highest BCUT2D eigenvalue weighted by atomic mass is 32.2. The Labute approximate surface area is 190 Å². The molecule has 31 heavy (non-hydrogen) atoms. The number of methoxy groups -OCH3 is 2. The zero-order valence-electron chi connectivity index (χ0n) is 19.1. The van der Waals surface area contributed by atoms with E-state index in [1.807, 2.05) is 28.8 Å². The van der Waals surface area contributed by atoms with Crippen molar-refractivity contribution in [1.82, 2.24) is 9.80 Å². The van der Waals surface area contributed by atoms with Gasteiger partial charge in [-0.05, 0) is 49.1 Å². The summed E-state index contributed by atoms with van der Waals surface area (Å²) in [5.74, 6) is 1.99. The predicted molar refractivity (Wildman–Crippen MR) is 128 cm³/mol. The number of rotatable bonds is 10. The quantitative estimate of drug-likeness (QED) is 0.510. The van der Waals surface area contributed by atoms with Crippen molar-refractivity contribution >= 4 is 17.7 Å². The molecule has 0 aromatic heterocycles. The van der Waals surface area contributed by atoms with Gasteiger partial charge in [0.2, 0.25) is 5.91 Å². The molecule has 0 bridgehead atoms. The lowest BCUT2D eigenvalue weighted by Gasteiger charge is -2.29. The summed E-state index contributed by atoms with van der Waals surface area (Å²) in [5.41, 5.74) is 4.95. The minimum Gasteiger partial charge on any atom is -0.497 e. The van der Waals surface area contributed by atoms with Gasteiger partial charge in [0.15, 0.2) is 0 Å². The summed E-state index contributed by atoms with van der Waals surface area (Å²) in [4.78, 5) is 17.6. The smallest absolute Gasteiger partial charge is 0.237 e. The number of thioether (sulfide) groups is 1. The Kier molecular flexibility index (Phi) is 8.81. The van der Waals surface area contributed by atoms with Gasteiger partial charge in [0.05, 0.1) is 13.7 Å².